The van der Waals surface area contributed by atoms with E-state index in [4.69, 9.17) is 10.5 Å². The lowest BCUT2D eigenvalue weighted by Gasteiger charge is -2.40. The number of benzene rings is 1. The molecule has 2 atom stereocenters. The molecule has 3 N–H and O–H groups in total. The molecule has 2 amide bonds. The minimum Gasteiger partial charge on any atom is -0.462 e. The van der Waals surface area contributed by atoms with E-state index in [0.29, 0.717) is 23.5 Å². The number of hydrogen-bond donors (Lipinski definition) is 2. The van der Waals surface area contributed by atoms with Gasteiger partial charge in [-0.25, -0.2) is 9.97 Å². The number of piperidine rings is 1. The second kappa shape index (κ2) is 8.59. The number of rotatable bonds is 6. The highest BCUT2D eigenvalue weighted by Gasteiger charge is 2.43. The molecule has 3 aromatic rings. The zero-order valence-electron chi connectivity index (χ0n) is 19.4. The summed E-state index contributed by atoms with van der Waals surface area (Å²) < 4.78 is 6.02. The van der Waals surface area contributed by atoms with Crippen LogP contribution in [0.1, 0.15) is 49.9 Å². The molecule has 8 nitrogen and oxygen atoms in total. The van der Waals surface area contributed by atoms with Crippen LogP contribution in [0.25, 0.3) is 10.9 Å². The Labute approximate surface area is 198 Å². The van der Waals surface area contributed by atoms with Gasteiger partial charge in [0.15, 0.2) is 5.60 Å². The molecule has 5 rings (SSSR count). The lowest BCUT2D eigenvalue weighted by Crippen LogP contribution is -2.55. The Bertz CT molecular complexity index is 1210. The van der Waals surface area contributed by atoms with Crippen LogP contribution in [0.4, 0.5) is 5.82 Å². The molecule has 176 valence electrons. The predicted molar refractivity (Wildman–Crippen MR) is 130 cm³/mol. The number of nitrogens with zero attached hydrogens (tertiary/aromatic N) is 3. The lowest BCUT2D eigenvalue weighted by atomic mass is 9.96. The number of anilines is 1. The molecule has 2 bridgehead atoms. The standard InChI is InChI=1S/C26H29N5O3/c1-26(2,34-23-12-8-16-5-3-4-6-21(16)30-23)25(33)29-18-13-19-9-10-20(14-18)31(19)22-11-7-17(15-28-22)24(27)32/h3-8,11-12,15,18-20H,9-10,13-14H2,1-2H3,(H2,27,32)(H,29,33). The van der Waals surface area contributed by atoms with Crippen LogP contribution >= 0.6 is 0 Å². The molecule has 34 heavy (non-hydrogen) atoms. The molecule has 8 heteroatoms. The van der Waals surface area contributed by atoms with Gasteiger partial charge in [0.2, 0.25) is 11.8 Å². The molecule has 2 fully saturated rings. The van der Waals surface area contributed by atoms with Crippen molar-refractivity contribution in [3.8, 4) is 5.88 Å². The lowest BCUT2D eigenvalue weighted by molar-refractivity contribution is -0.135. The molecule has 1 aromatic carbocycles. The molecule has 2 saturated heterocycles. The topological polar surface area (TPSA) is 110 Å². The van der Waals surface area contributed by atoms with Crippen molar-refractivity contribution in [1.82, 2.24) is 15.3 Å². The zero-order valence-corrected chi connectivity index (χ0v) is 19.4. The number of para-hydroxylation sites is 1. The van der Waals surface area contributed by atoms with Gasteiger partial charge < -0.3 is 20.7 Å². The van der Waals surface area contributed by atoms with Crippen molar-refractivity contribution in [2.45, 2.75) is 63.3 Å². The summed E-state index contributed by atoms with van der Waals surface area (Å²) in [5, 5.41) is 4.24. The Hall–Kier alpha value is -3.68. The number of carbonyl (C=O) groups excluding carboxylic acids is 2. The number of hydrogen-bond acceptors (Lipinski definition) is 6. The van der Waals surface area contributed by atoms with Gasteiger partial charge in [-0.3, -0.25) is 9.59 Å². The quantitative estimate of drug-likeness (QED) is 0.586. The van der Waals surface area contributed by atoms with Crippen LogP contribution in [-0.2, 0) is 4.79 Å². The first-order chi connectivity index (χ1) is 16.3. The number of fused-ring (bicyclic) bond motifs is 3. The zero-order chi connectivity index (χ0) is 23.9. The average Bonchev–Trinajstić information content (AvgIpc) is 3.08. The van der Waals surface area contributed by atoms with Gasteiger partial charge in [0, 0.05) is 35.8 Å². The first-order valence-electron chi connectivity index (χ1n) is 11.7. The number of aromatic nitrogens is 2. The first-order valence-corrected chi connectivity index (χ1v) is 11.7. The first kappa shape index (κ1) is 22.1. The molecule has 4 heterocycles. The Kier molecular flexibility index (Phi) is 5.59. The molecule has 0 radical (unpaired) electrons. The third-order valence-electron chi connectivity index (χ3n) is 6.84. The number of pyridine rings is 2. The maximum absolute atomic E-state index is 13.2. The van der Waals surface area contributed by atoms with Gasteiger partial charge in [-0.2, -0.15) is 0 Å². The van der Waals surface area contributed by atoms with Crippen molar-refractivity contribution in [2.75, 3.05) is 4.90 Å². The fourth-order valence-electron chi connectivity index (χ4n) is 5.12. The van der Waals surface area contributed by atoms with Gasteiger partial charge in [0.1, 0.15) is 5.82 Å². The minimum atomic E-state index is -1.06. The Balaban J connectivity index is 1.23. The molecule has 2 unspecified atom stereocenters. The average molecular weight is 460 g/mol. The van der Waals surface area contributed by atoms with Gasteiger partial charge in [-0.1, -0.05) is 18.2 Å². The monoisotopic (exact) mass is 459 g/mol. The number of ether oxygens (including phenoxy) is 1. The van der Waals surface area contributed by atoms with Crippen LogP contribution in [0.3, 0.4) is 0 Å². The maximum Gasteiger partial charge on any atom is 0.263 e. The Morgan fingerprint density at radius 1 is 1.06 bits per heavy atom. The molecule has 2 aromatic heterocycles. The highest BCUT2D eigenvalue weighted by molar-refractivity contribution is 5.92. The normalized spacial score (nSPS) is 21.9. The van der Waals surface area contributed by atoms with E-state index >= 15 is 0 Å². The van der Waals surface area contributed by atoms with E-state index in [2.05, 4.69) is 20.2 Å². The van der Waals surface area contributed by atoms with Crippen molar-refractivity contribution in [1.29, 1.82) is 0 Å². The highest BCUT2D eigenvalue weighted by Crippen LogP contribution is 2.38. The van der Waals surface area contributed by atoms with Gasteiger partial charge in [-0.15, -0.1) is 0 Å². The maximum atomic E-state index is 13.2. The van der Waals surface area contributed by atoms with E-state index in [1.807, 2.05) is 36.4 Å². The van der Waals surface area contributed by atoms with Crippen molar-refractivity contribution in [3.63, 3.8) is 0 Å². The van der Waals surface area contributed by atoms with Crippen molar-refractivity contribution >= 4 is 28.5 Å². The predicted octanol–water partition coefficient (Wildman–Crippen LogP) is 3.20. The highest BCUT2D eigenvalue weighted by atomic mass is 16.5. The van der Waals surface area contributed by atoms with E-state index in [-0.39, 0.29) is 11.9 Å². The summed E-state index contributed by atoms with van der Waals surface area (Å²) in [6, 6.07) is 15.8. The Morgan fingerprint density at radius 2 is 1.79 bits per heavy atom. The molecule has 0 saturated carbocycles. The number of primary amides is 1. The summed E-state index contributed by atoms with van der Waals surface area (Å²) in [7, 11) is 0. The third kappa shape index (κ3) is 4.27. The smallest absolute Gasteiger partial charge is 0.263 e. The molecule has 2 aliphatic rings. The third-order valence-corrected chi connectivity index (χ3v) is 6.84. The van der Waals surface area contributed by atoms with Crippen molar-refractivity contribution < 1.29 is 14.3 Å². The van der Waals surface area contributed by atoms with E-state index in [0.717, 1.165) is 42.4 Å². The van der Waals surface area contributed by atoms with E-state index in [1.165, 1.54) is 6.20 Å². The van der Waals surface area contributed by atoms with Gasteiger partial charge in [0.05, 0.1) is 11.1 Å². The molecule has 0 aliphatic carbocycles. The fourth-order valence-corrected chi connectivity index (χ4v) is 5.12. The SMILES string of the molecule is CC(C)(Oc1ccc2ccccc2n1)C(=O)NC1CC2CCC(C1)N2c1ccc(C(N)=O)cn1. The number of nitrogens with two attached hydrogens (primary N) is 1. The van der Waals surface area contributed by atoms with Crippen LogP contribution in [0.15, 0.2) is 54.7 Å². The van der Waals surface area contributed by atoms with E-state index in [1.54, 1.807) is 26.0 Å². The molecule has 0 spiro atoms. The number of amides is 2. The van der Waals surface area contributed by atoms with E-state index < -0.39 is 11.5 Å². The van der Waals surface area contributed by atoms with E-state index in [9.17, 15) is 9.59 Å². The summed E-state index contributed by atoms with van der Waals surface area (Å²) in [6.07, 6.45) is 5.32. The van der Waals surface area contributed by atoms with Crippen LogP contribution in [0.5, 0.6) is 5.88 Å². The van der Waals surface area contributed by atoms with Crippen molar-refractivity contribution in [2.24, 2.45) is 5.73 Å². The van der Waals surface area contributed by atoms with Crippen molar-refractivity contribution in [3.05, 3.63) is 60.3 Å². The second-order valence-corrected chi connectivity index (χ2v) is 9.66. The summed E-state index contributed by atoms with van der Waals surface area (Å²) in [5.74, 6) is 0.656. The van der Waals surface area contributed by atoms with Gasteiger partial charge in [-0.05, 0) is 63.8 Å². The van der Waals surface area contributed by atoms with Gasteiger partial charge >= 0.3 is 0 Å². The van der Waals surface area contributed by atoms with Crippen LogP contribution in [0.2, 0.25) is 0 Å². The number of carbonyl (C=O) groups is 2. The summed E-state index contributed by atoms with van der Waals surface area (Å²) >= 11 is 0. The Morgan fingerprint density at radius 3 is 2.47 bits per heavy atom. The summed E-state index contributed by atoms with van der Waals surface area (Å²) in [4.78, 5) is 35.8. The molecular formula is C26H29N5O3. The summed E-state index contributed by atoms with van der Waals surface area (Å²) in [6.45, 7) is 3.54. The van der Waals surface area contributed by atoms with Gasteiger partial charge in [0.25, 0.3) is 5.91 Å². The fraction of sp³-hybridized carbons (Fsp3) is 0.385. The number of nitrogens with one attached hydrogen (secondary N) is 1. The molecular weight excluding hydrogens is 430 g/mol. The van der Waals surface area contributed by atoms with Crippen LogP contribution in [-0.4, -0.2) is 45.5 Å². The summed E-state index contributed by atoms with van der Waals surface area (Å²) in [5.41, 5.74) is 5.51. The van der Waals surface area contributed by atoms with Crippen LogP contribution < -0.4 is 20.7 Å². The van der Waals surface area contributed by atoms with Crippen LogP contribution in [0, 0.1) is 0 Å². The second-order valence-electron chi connectivity index (χ2n) is 9.66. The largest absolute Gasteiger partial charge is 0.462 e. The minimum absolute atomic E-state index is 0.0681. The molecule has 2 aliphatic heterocycles.